The van der Waals surface area contributed by atoms with Crippen molar-refractivity contribution in [2.75, 3.05) is 18.4 Å². The second-order valence-corrected chi connectivity index (χ2v) is 4.18. The SMILES string of the molecule is O=C(Nc1cccc(F)c1)C1CCN(F)CC1. The number of carbonyl (C=O) groups excluding carboxylic acids is 1. The van der Waals surface area contributed by atoms with Gasteiger partial charge in [0.15, 0.2) is 0 Å². The number of carbonyl (C=O) groups is 1. The molecule has 1 amide bonds. The van der Waals surface area contributed by atoms with Crippen LogP contribution in [0, 0.1) is 11.7 Å². The van der Waals surface area contributed by atoms with Crippen LogP contribution in [0.25, 0.3) is 0 Å². The van der Waals surface area contributed by atoms with Crippen LogP contribution in [0.3, 0.4) is 0 Å². The number of anilines is 1. The highest BCUT2D eigenvalue weighted by Gasteiger charge is 2.24. The zero-order valence-corrected chi connectivity index (χ0v) is 9.33. The first-order valence-corrected chi connectivity index (χ1v) is 5.62. The van der Waals surface area contributed by atoms with E-state index in [0.717, 1.165) is 0 Å². The summed E-state index contributed by atoms with van der Waals surface area (Å²) in [5.41, 5.74) is 0.442. The van der Waals surface area contributed by atoms with E-state index in [2.05, 4.69) is 5.32 Å². The molecule has 2 rings (SSSR count). The van der Waals surface area contributed by atoms with Crippen LogP contribution in [0.2, 0.25) is 0 Å². The molecular weight excluding hydrogens is 226 g/mol. The maximum Gasteiger partial charge on any atom is 0.227 e. The highest BCUT2D eigenvalue weighted by atomic mass is 19.2. The zero-order chi connectivity index (χ0) is 12.3. The Kier molecular flexibility index (Phi) is 3.68. The Labute approximate surface area is 98.4 Å². The largest absolute Gasteiger partial charge is 0.326 e. The van der Waals surface area contributed by atoms with Gasteiger partial charge in [-0.2, -0.15) is 0 Å². The Morgan fingerprint density at radius 3 is 2.71 bits per heavy atom. The number of hydrogen-bond acceptors (Lipinski definition) is 2. The van der Waals surface area contributed by atoms with Gasteiger partial charge in [0.25, 0.3) is 0 Å². The zero-order valence-electron chi connectivity index (χ0n) is 9.33. The molecule has 1 N–H and O–H groups in total. The van der Waals surface area contributed by atoms with E-state index in [1.807, 2.05) is 0 Å². The maximum absolute atomic E-state index is 12.9. The highest BCUT2D eigenvalue weighted by molar-refractivity contribution is 5.92. The van der Waals surface area contributed by atoms with Crippen molar-refractivity contribution in [2.24, 2.45) is 5.92 Å². The predicted molar refractivity (Wildman–Crippen MR) is 60.4 cm³/mol. The average Bonchev–Trinajstić information content (AvgIpc) is 2.29. The molecule has 0 saturated carbocycles. The monoisotopic (exact) mass is 240 g/mol. The molecule has 0 unspecified atom stereocenters. The Balaban J connectivity index is 1.93. The van der Waals surface area contributed by atoms with Gasteiger partial charge in [-0.1, -0.05) is 6.07 Å². The molecule has 1 aliphatic heterocycles. The van der Waals surface area contributed by atoms with Crippen molar-refractivity contribution < 1.29 is 13.7 Å². The molecule has 1 aromatic carbocycles. The molecule has 0 aliphatic carbocycles. The van der Waals surface area contributed by atoms with Gasteiger partial charge in [0.2, 0.25) is 5.91 Å². The number of piperidine rings is 1. The highest BCUT2D eigenvalue weighted by Crippen LogP contribution is 2.19. The van der Waals surface area contributed by atoms with Crippen LogP contribution in [-0.4, -0.2) is 24.1 Å². The molecule has 0 spiro atoms. The second-order valence-electron chi connectivity index (χ2n) is 4.18. The molecule has 1 saturated heterocycles. The molecule has 0 aromatic heterocycles. The van der Waals surface area contributed by atoms with Gasteiger partial charge in [-0.3, -0.25) is 4.79 Å². The van der Waals surface area contributed by atoms with Crippen LogP contribution in [0.4, 0.5) is 14.6 Å². The fourth-order valence-corrected chi connectivity index (χ4v) is 1.92. The number of hydrogen-bond donors (Lipinski definition) is 1. The van der Waals surface area contributed by atoms with Crippen LogP contribution in [-0.2, 0) is 4.79 Å². The fraction of sp³-hybridized carbons (Fsp3) is 0.417. The number of rotatable bonds is 2. The third kappa shape index (κ3) is 3.23. The van der Waals surface area contributed by atoms with E-state index in [4.69, 9.17) is 0 Å². The summed E-state index contributed by atoms with van der Waals surface area (Å²) in [6.45, 7) is 0.558. The molecule has 0 bridgehead atoms. The maximum atomic E-state index is 12.9. The Bertz CT molecular complexity index is 403. The number of halogens is 2. The van der Waals surface area contributed by atoms with Crippen molar-refractivity contribution in [2.45, 2.75) is 12.8 Å². The first-order valence-electron chi connectivity index (χ1n) is 5.62. The molecule has 92 valence electrons. The van der Waals surface area contributed by atoms with E-state index >= 15 is 0 Å². The van der Waals surface area contributed by atoms with Gasteiger partial charge >= 0.3 is 0 Å². The molecule has 1 fully saturated rings. The average molecular weight is 240 g/mol. The van der Waals surface area contributed by atoms with Crippen molar-refractivity contribution in [3.05, 3.63) is 30.1 Å². The normalized spacial score (nSPS) is 18.0. The molecule has 1 aliphatic rings. The van der Waals surface area contributed by atoms with Gasteiger partial charge < -0.3 is 5.32 Å². The number of nitrogens with one attached hydrogen (secondary N) is 1. The summed E-state index contributed by atoms with van der Waals surface area (Å²) in [6, 6.07) is 5.75. The van der Waals surface area contributed by atoms with Gasteiger partial charge in [-0.25, -0.2) is 4.39 Å². The Hall–Kier alpha value is -1.49. The third-order valence-corrected chi connectivity index (χ3v) is 2.90. The van der Waals surface area contributed by atoms with Crippen LogP contribution in [0.5, 0.6) is 0 Å². The van der Waals surface area contributed by atoms with Crippen molar-refractivity contribution in [3.8, 4) is 0 Å². The number of nitrogens with zero attached hydrogens (tertiary/aromatic N) is 1. The number of benzene rings is 1. The van der Waals surface area contributed by atoms with Crippen LogP contribution < -0.4 is 5.32 Å². The fourth-order valence-electron chi connectivity index (χ4n) is 1.92. The lowest BCUT2D eigenvalue weighted by molar-refractivity contribution is -0.123. The third-order valence-electron chi connectivity index (χ3n) is 2.90. The van der Waals surface area contributed by atoms with Crippen molar-refractivity contribution in [1.29, 1.82) is 0 Å². The minimum absolute atomic E-state index is 0.163. The van der Waals surface area contributed by atoms with E-state index in [9.17, 15) is 13.7 Å². The van der Waals surface area contributed by atoms with Gasteiger partial charge in [0.1, 0.15) is 5.82 Å². The smallest absolute Gasteiger partial charge is 0.227 e. The lowest BCUT2D eigenvalue weighted by atomic mass is 9.97. The minimum atomic E-state index is -0.388. The molecule has 1 aromatic rings. The van der Waals surface area contributed by atoms with Crippen LogP contribution in [0.15, 0.2) is 24.3 Å². The van der Waals surface area contributed by atoms with Gasteiger partial charge in [0.05, 0.1) is 0 Å². The lowest BCUT2D eigenvalue weighted by Gasteiger charge is -2.24. The molecule has 0 atom stereocenters. The van der Waals surface area contributed by atoms with Crippen LogP contribution >= 0.6 is 0 Å². The van der Waals surface area contributed by atoms with E-state index in [-0.39, 0.29) is 30.7 Å². The van der Waals surface area contributed by atoms with Crippen molar-refractivity contribution in [3.63, 3.8) is 0 Å². The molecule has 1 heterocycles. The summed E-state index contributed by atoms with van der Waals surface area (Å²) < 4.78 is 25.7. The summed E-state index contributed by atoms with van der Waals surface area (Å²) >= 11 is 0. The second kappa shape index (κ2) is 5.23. The Morgan fingerprint density at radius 1 is 1.35 bits per heavy atom. The van der Waals surface area contributed by atoms with Gasteiger partial charge in [-0.15, -0.1) is 9.60 Å². The molecule has 0 radical (unpaired) electrons. The minimum Gasteiger partial charge on any atom is -0.326 e. The summed E-state index contributed by atoms with van der Waals surface area (Å²) in [6.07, 6.45) is 0.995. The summed E-state index contributed by atoms with van der Waals surface area (Å²) in [5, 5.41) is 3.36. The summed E-state index contributed by atoms with van der Waals surface area (Å²) in [5.74, 6) is -0.740. The van der Waals surface area contributed by atoms with Crippen molar-refractivity contribution >= 4 is 11.6 Å². The van der Waals surface area contributed by atoms with E-state index in [0.29, 0.717) is 23.7 Å². The molecular formula is C12H14F2N2O. The predicted octanol–water partition coefficient (Wildman–Crippen LogP) is 2.36. The molecule has 17 heavy (non-hydrogen) atoms. The van der Waals surface area contributed by atoms with Gasteiger partial charge in [0, 0.05) is 24.7 Å². The van der Waals surface area contributed by atoms with Gasteiger partial charge in [-0.05, 0) is 31.0 Å². The number of amides is 1. The first-order chi connectivity index (χ1) is 8.15. The topological polar surface area (TPSA) is 32.3 Å². The quantitative estimate of drug-likeness (QED) is 0.805. The Morgan fingerprint density at radius 2 is 2.06 bits per heavy atom. The summed E-state index contributed by atoms with van der Waals surface area (Å²) in [7, 11) is 0. The molecule has 3 nitrogen and oxygen atoms in total. The van der Waals surface area contributed by atoms with Crippen LogP contribution in [0.1, 0.15) is 12.8 Å². The van der Waals surface area contributed by atoms with E-state index < -0.39 is 0 Å². The molecule has 5 heteroatoms. The summed E-state index contributed by atoms with van der Waals surface area (Å²) in [4.78, 5) is 11.8. The standard InChI is InChI=1S/C12H14F2N2O/c13-10-2-1-3-11(8-10)15-12(17)9-4-6-16(14)7-5-9/h1-3,8-9H,4-7H2,(H,15,17). The van der Waals surface area contributed by atoms with Crippen molar-refractivity contribution in [1.82, 2.24) is 5.12 Å². The lowest BCUT2D eigenvalue weighted by Crippen LogP contribution is -2.34. The van der Waals surface area contributed by atoms with E-state index in [1.54, 1.807) is 6.07 Å². The van der Waals surface area contributed by atoms with E-state index in [1.165, 1.54) is 18.2 Å². The first kappa shape index (κ1) is 12.0.